The second-order valence-electron chi connectivity index (χ2n) is 5.39. The zero-order chi connectivity index (χ0) is 14.5. The number of hydrogen-bond acceptors (Lipinski definition) is 6. The molecule has 20 heavy (non-hydrogen) atoms. The smallest absolute Gasteiger partial charge is 0.322 e. The number of ether oxygens (including phenoxy) is 1. The van der Waals surface area contributed by atoms with Crippen molar-refractivity contribution in [2.75, 3.05) is 18.5 Å². The first-order valence-electron chi connectivity index (χ1n) is 7.01. The van der Waals surface area contributed by atoms with E-state index in [-0.39, 0.29) is 24.0 Å². The van der Waals surface area contributed by atoms with Gasteiger partial charge in [0.05, 0.1) is 6.10 Å². The van der Waals surface area contributed by atoms with E-state index in [9.17, 15) is 5.11 Å². The van der Waals surface area contributed by atoms with Gasteiger partial charge in [-0.2, -0.15) is 15.0 Å². The Morgan fingerprint density at radius 2 is 2.05 bits per heavy atom. The lowest BCUT2D eigenvalue weighted by Gasteiger charge is -2.18. The van der Waals surface area contributed by atoms with E-state index in [0.29, 0.717) is 17.8 Å². The minimum absolute atomic E-state index is 0.0186. The molecular formula is C13H21ClN4O2. The number of rotatable bonds is 6. The third-order valence-electron chi connectivity index (χ3n) is 3.50. The van der Waals surface area contributed by atoms with Gasteiger partial charge >= 0.3 is 6.01 Å². The van der Waals surface area contributed by atoms with E-state index in [1.807, 2.05) is 13.8 Å². The van der Waals surface area contributed by atoms with Crippen molar-refractivity contribution in [2.24, 2.45) is 11.8 Å². The van der Waals surface area contributed by atoms with E-state index in [1.165, 1.54) is 0 Å². The van der Waals surface area contributed by atoms with E-state index in [1.54, 1.807) is 0 Å². The Balaban J connectivity index is 1.96. The summed E-state index contributed by atoms with van der Waals surface area (Å²) in [7, 11) is 0. The third kappa shape index (κ3) is 4.18. The molecule has 2 atom stereocenters. The van der Waals surface area contributed by atoms with Gasteiger partial charge in [-0.25, -0.2) is 0 Å². The zero-order valence-electron chi connectivity index (χ0n) is 11.8. The van der Waals surface area contributed by atoms with Crippen LogP contribution in [0.1, 0.15) is 33.1 Å². The van der Waals surface area contributed by atoms with Crippen molar-refractivity contribution >= 4 is 17.5 Å². The average Bonchev–Trinajstić information content (AvgIpc) is 2.82. The molecule has 112 valence electrons. The molecule has 0 amide bonds. The number of nitrogens with zero attached hydrogens (tertiary/aromatic N) is 3. The van der Waals surface area contributed by atoms with Crippen LogP contribution < -0.4 is 10.1 Å². The number of nitrogens with one attached hydrogen (secondary N) is 1. The molecule has 1 saturated carbocycles. The molecule has 0 spiro atoms. The highest BCUT2D eigenvalue weighted by atomic mass is 35.5. The van der Waals surface area contributed by atoms with Gasteiger partial charge in [0.2, 0.25) is 11.2 Å². The summed E-state index contributed by atoms with van der Waals surface area (Å²) in [5.41, 5.74) is 0. The summed E-state index contributed by atoms with van der Waals surface area (Å²) in [6.07, 6.45) is 3.35. The maximum absolute atomic E-state index is 9.31. The van der Waals surface area contributed by atoms with E-state index >= 15 is 0 Å². The maximum atomic E-state index is 9.31. The lowest BCUT2D eigenvalue weighted by Crippen LogP contribution is -2.22. The standard InChI is InChI=1S/C13H21ClN4O2/c1-8(2)20-13-17-11(14)16-12(18-13)15-6-9-4-3-5-10(9)7-19/h8-10,19H,3-7H2,1-2H3,(H,15,16,17,18). The highest BCUT2D eigenvalue weighted by Gasteiger charge is 2.26. The number of anilines is 1. The Hall–Kier alpha value is -1.14. The van der Waals surface area contributed by atoms with Gasteiger partial charge in [0.1, 0.15) is 0 Å². The van der Waals surface area contributed by atoms with Gasteiger partial charge in [0.15, 0.2) is 0 Å². The highest BCUT2D eigenvalue weighted by molar-refractivity contribution is 6.28. The van der Waals surface area contributed by atoms with E-state index < -0.39 is 0 Å². The molecular weight excluding hydrogens is 280 g/mol. The molecule has 1 aromatic heterocycles. The summed E-state index contributed by atoms with van der Waals surface area (Å²) in [5.74, 6) is 1.24. The second kappa shape index (κ2) is 7.04. The van der Waals surface area contributed by atoms with E-state index in [2.05, 4.69) is 20.3 Å². The molecule has 1 fully saturated rings. The van der Waals surface area contributed by atoms with Crippen LogP contribution in [-0.2, 0) is 0 Å². The molecule has 0 saturated heterocycles. The Labute approximate surface area is 123 Å². The van der Waals surface area contributed by atoms with Gasteiger partial charge in [-0.15, -0.1) is 0 Å². The zero-order valence-corrected chi connectivity index (χ0v) is 12.6. The van der Waals surface area contributed by atoms with Crippen molar-refractivity contribution in [3.63, 3.8) is 0 Å². The lowest BCUT2D eigenvalue weighted by atomic mass is 9.97. The molecule has 2 rings (SSSR count). The highest BCUT2D eigenvalue weighted by Crippen LogP contribution is 2.31. The first-order chi connectivity index (χ1) is 9.58. The predicted octanol–water partition coefficient (Wildman–Crippen LogP) is 2.13. The summed E-state index contributed by atoms with van der Waals surface area (Å²) in [6, 6.07) is 0.229. The minimum atomic E-state index is -0.0186. The number of hydrogen-bond donors (Lipinski definition) is 2. The van der Waals surface area contributed by atoms with Crippen LogP contribution in [0.4, 0.5) is 5.95 Å². The van der Waals surface area contributed by atoms with Crippen LogP contribution in [0.3, 0.4) is 0 Å². The number of halogens is 1. The third-order valence-corrected chi connectivity index (χ3v) is 3.67. The SMILES string of the molecule is CC(C)Oc1nc(Cl)nc(NCC2CCCC2CO)n1. The minimum Gasteiger partial charge on any atom is -0.461 e. The summed E-state index contributed by atoms with van der Waals surface area (Å²) < 4.78 is 5.42. The molecule has 7 heteroatoms. The molecule has 1 heterocycles. The van der Waals surface area contributed by atoms with Crippen LogP contribution in [0, 0.1) is 11.8 Å². The van der Waals surface area contributed by atoms with Crippen molar-refractivity contribution in [2.45, 2.75) is 39.2 Å². The van der Waals surface area contributed by atoms with Gasteiger partial charge in [-0.05, 0) is 50.1 Å². The van der Waals surface area contributed by atoms with Crippen LogP contribution in [0.15, 0.2) is 0 Å². The maximum Gasteiger partial charge on any atom is 0.322 e. The monoisotopic (exact) mass is 300 g/mol. The van der Waals surface area contributed by atoms with Crippen molar-refractivity contribution in [3.05, 3.63) is 5.28 Å². The molecule has 2 N–H and O–H groups in total. The number of aliphatic hydroxyl groups excluding tert-OH is 1. The van der Waals surface area contributed by atoms with Crippen molar-refractivity contribution in [1.29, 1.82) is 0 Å². The van der Waals surface area contributed by atoms with Crippen LogP contribution in [0.25, 0.3) is 0 Å². The molecule has 0 bridgehead atoms. The van der Waals surface area contributed by atoms with Gasteiger partial charge in [0.25, 0.3) is 0 Å². The Bertz CT molecular complexity index is 444. The predicted molar refractivity (Wildman–Crippen MR) is 77.0 cm³/mol. The first kappa shape index (κ1) is 15.3. The van der Waals surface area contributed by atoms with E-state index in [4.69, 9.17) is 16.3 Å². The molecule has 0 aromatic carbocycles. The van der Waals surface area contributed by atoms with Gasteiger partial charge in [0, 0.05) is 13.2 Å². The fraction of sp³-hybridized carbons (Fsp3) is 0.769. The summed E-state index contributed by atoms with van der Waals surface area (Å²) >= 11 is 5.86. The lowest BCUT2D eigenvalue weighted by molar-refractivity contribution is 0.198. The quantitative estimate of drug-likeness (QED) is 0.838. The molecule has 0 aliphatic heterocycles. The normalized spacial score (nSPS) is 22.2. The molecule has 6 nitrogen and oxygen atoms in total. The molecule has 1 aliphatic rings. The fourth-order valence-electron chi connectivity index (χ4n) is 2.52. The summed E-state index contributed by atoms with van der Waals surface area (Å²) in [5, 5.41) is 12.6. The van der Waals surface area contributed by atoms with Crippen molar-refractivity contribution in [3.8, 4) is 6.01 Å². The summed E-state index contributed by atoms with van der Waals surface area (Å²) in [6.45, 7) is 4.77. The largest absolute Gasteiger partial charge is 0.461 e. The molecule has 1 aromatic rings. The second-order valence-corrected chi connectivity index (χ2v) is 5.73. The fourth-order valence-corrected chi connectivity index (χ4v) is 2.67. The van der Waals surface area contributed by atoms with Crippen LogP contribution in [0.5, 0.6) is 6.01 Å². The van der Waals surface area contributed by atoms with Crippen molar-refractivity contribution in [1.82, 2.24) is 15.0 Å². The molecule has 0 radical (unpaired) electrons. The summed E-state index contributed by atoms with van der Waals surface area (Å²) in [4.78, 5) is 12.2. The van der Waals surface area contributed by atoms with Crippen LogP contribution in [0.2, 0.25) is 5.28 Å². The topological polar surface area (TPSA) is 80.2 Å². The van der Waals surface area contributed by atoms with E-state index in [0.717, 1.165) is 25.8 Å². The van der Waals surface area contributed by atoms with Crippen molar-refractivity contribution < 1.29 is 9.84 Å². The van der Waals surface area contributed by atoms with Crippen LogP contribution in [-0.4, -0.2) is 39.3 Å². The molecule has 2 unspecified atom stereocenters. The Morgan fingerprint density at radius 1 is 1.30 bits per heavy atom. The number of aliphatic hydroxyl groups is 1. The molecule has 1 aliphatic carbocycles. The Morgan fingerprint density at radius 3 is 2.75 bits per heavy atom. The van der Waals surface area contributed by atoms with Crippen LogP contribution >= 0.6 is 11.6 Å². The Kier molecular flexibility index (Phi) is 5.37. The van der Waals surface area contributed by atoms with Gasteiger partial charge in [-0.3, -0.25) is 0 Å². The van der Waals surface area contributed by atoms with Gasteiger partial charge in [-0.1, -0.05) is 6.42 Å². The van der Waals surface area contributed by atoms with Gasteiger partial charge < -0.3 is 15.2 Å². The first-order valence-corrected chi connectivity index (χ1v) is 7.39. The number of aromatic nitrogens is 3. The average molecular weight is 301 g/mol.